The van der Waals surface area contributed by atoms with Crippen LogP contribution in [0.5, 0.6) is 0 Å². The maximum atomic E-state index is 11.8. The van der Waals surface area contributed by atoms with Gasteiger partial charge < -0.3 is 4.90 Å². The van der Waals surface area contributed by atoms with Crippen molar-refractivity contribution >= 4 is 15.9 Å². The molecule has 18 heavy (non-hydrogen) atoms. The van der Waals surface area contributed by atoms with Crippen LogP contribution in [0.3, 0.4) is 0 Å². The van der Waals surface area contributed by atoms with Crippen molar-refractivity contribution in [2.45, 2.75) is 17.7 Å². The van der Waals surface area contributed by atoms with E-state index < -0.39 is 10.0 Å². The molecule has 1 N–H and O–H groups in total. The topological polar surface area (TPSA) is 84.3 Å². The van der Waals surface area contributed by atoms with Crippen molar-refractivity contribution in [3.05, 3.63) is 12.4 Å². The molecule has 0 aliphatic carbocycles. The standard InChI is InChI=1S/C10H16N4O3S/c1-13-8-9(6-11-13)18(16,17)12-7-10(15)14-4-2-3-5-14/h6,8,12H,2-5,7H2,1H3. The molecule has 1 aliphatic rings. The first-order chi connectivity index (χ1) is 8.49. The van der Waals surface area contributed by atoms with Crippen LogP contribution in [0.25, 0.3) is 0 Å². The fourth-order valence-electron chi connectivity index (χ4n) is 1.86. The van der Waals surface area contributed by atoms with Gasteiger partial charge in [-0.25, -0.2) is 13.1 Å². The molecule has 7 nitrogen and oxygen atoms in total. The Morgan fingerprint density at radius 1 is 1.44 bits per heavy atom. The minimum Gasteiger partial charge on any atom is -0.342 e. The quantitative estimate of drug-likeness (QED) is 0.787. The van der Waals surface area contributed by atoms with Crippen molar-refractivity contribution in [2.24, 2.45) is 7.05 Å². The van der Waals surface area contributed by atoms with Crippen molar-refractivity contribution < 1.29 is 13.2 Å². The van der Waals surface area contributed by atoms with Gasteiger partial charge in [-0.3, -0.25) is 9.48 Å². The molecule has 2 heterocycles. The first-order valence-corrected chi connectivity index (χ1v) is 7.23. The minimum absolute atomic E-state index is 0.0687. The normalized spacial score (nSPS) is 16.2. The van der Waals surface area contributed by atoms with E-state index in [1.165, 1.54) is 17.1 Å². The molecule has 8 heteroatoms. The zero-order chi connectivity index (χ0) is 13.2. The average molecular weight is 272 g/mol. The number of sulfonamides is 1. The van der Waals surface area contributed by atoms with E-state index in [2.05, 4.69) is 9.82 Å². The van der Waals surface area contributed by atoms with E-state index in [1.807, 2.05) is 0 Å². The van der Waals surface area contributed by atoms with Crippen LogP contribution in [0.15, 0.2) is 17.3 Å². The minimum atomic E-state index is -3.64. The number of hydrogen-bond acceptors (Lipinski definition) is 4. The molecule has 1 fully saturated rings. The Kier molecular flexibility index (Phi) is 3.67. The number of hydrogen-bond donors (Lipinski definition) is 1. The van der Waals surface area contributed by atoms with Crippen LogP contribution in [0, 0.1) is 0 Å². The van der Waals surface area contributed by atoms with Gasteiger partial charge in [-0.05, 0) is 12.8 Å². The highest BCUT2D eigenvalue weighted by Gasteiger charge is 2.21. The predicted molar refractivity (Wildman–Crippen MR) is 64.2 cm³/mol. The summed E-state index contributed by atoms with van der Waals surface area (Å²) < 4.78 is 27.4. The molecule has 1 saturated heterocycles. The first kappa shape index (κ1) is 13.0. The molecule has 0 atom stereocenters. The summed E-state index contributed by atoms with van der Waals surface area (Å²) >= 11 is 0. The number of aromatic nitrogens is 2. The van der Waals surface area contributed by atoms with Gasteiger partial charge in [0.1, 0.15) is 4.90 Å². The van der Waals surface area contributed by atoms with Crippen molar-refractivity contribution in [1.82, 2.24) is 19.4 Å². The van der Waals surface area contributed by atoms with Gasteiger partial charge >= 0.3 is 0 Å². The Balaban J connectivity index is 1.95. The summed E-state index contributed by atoms with van der Waals surface area (Å²) in [7, 11) is -2.01. The lowest BCUT2D eigenvalue weighted by atomic mass is 10.4. The van der Waals surface area contributed by atoms with E-state index in [0.29, 0.717) is 13.1 Å². The van der Waals surface area contributed by atoms with E-state index in [9.17, 15) is 13.2 Å². The van der Waals surface area contributed by atoms with Gasteiger partial charge in [-0.15, -0.1) is 0 Å². The van der Waals surface area contributed by atoms with Gasteiger partial charge in [-0.1, -0.05) is 0 Å². The highest BCUT2D eigenvalue weighted by molar-refractivity contribution is 7.89. The van der Waals surface area contributed by atoms with Crippen molar-refractivity contribution in [3.8, 4) is 0 Å². The van der Waals surface area contributed by atoms with Crippen LogP contribution < -0.4 is 4.72 Å². The number of aryl methyl sites for hydroxylation is 1. The van der Waals surface area contributed by atoms with Crippen LogP contribution in [0.1, 0.15) is 12.8 Å². The van der Waals surface area contributed by atoms with Crippen LogP contribution in [0.4, 0.5) is 0 Å². The smallest absolute Gasteiger partial charge is 0.244 e. The molecule has 100 valence electrons. The highest BCUT2D eigenvalue weighted by atomic mass is 32.2. The molecule has 0 saturated carbocycles. The van der Waals surface area contributed by atoms with Gasteiger partial charge in [0.2, 0.25) is 15.9 Å². The molecule has 0 aromatic carbocycles. The summed E-state index contributed by atoms with van der Waals surface area (Å²) in [6.45, 7) is 1.23. The highest BCUT2D eigenvalue weighted by Crippen LogP contribution is 2.08. The summed E-state index contributed by atoms with van der Waals surface area (Å²) in [5.74, 6) is -0.181. The van der Waals surface area contributed by atoms with E-state index in [-0.39, 0.29) is 17.3 Å². The number of amides is 1. The van der Waals surface area contributed by atoms with Gasteiger partial charge in [0.25, 0.3) is 0 Å². The van der Waals surface area contributed by atoms with E-state index in [1.54, 1.807) is 11.9 Å². The summed E-state index contributed by atoms with van der Waals surface area (Å²) in [4.78, 5) is 13.4. The van der Waals surface area contributed by atoms with Crippen LogP contribution >= 0.6 is 0 Å². The molecule has 1 aromatic heterocycles. The molecule has 0 spiro atoms. The van der Waals surface area contributed by atoms with Crippen LogP contribution in [0.2, 0.25) is 0 Å². The Hall–Kier alpha value is -1.41. The van der Waals surface area contributed by atoms with E-state index >= 15 is 0 Å². The van der Waals surface area contributed by atoms with Gasteiger partial charge in [0.15, 0.2) is 0 Å². The third-order valence-corrected chi connectivity index (χ3v) is 4.22. The third-order valence-electron chi connectivity index (χ3n) is 2.86. The lowest BCUT2D eigenvalue weighted by Gasteiger charge is -2.15. The molecule has 0 unspecified atom stereocenters. The molecule has 2 rings (SSSR count). The Bertz CT molecular complexity index is 531. The Morgan fingerprint density at radius 3 is 2.67 bits per heavy atom. The third kappa shape index (κ3) is 2.88. The van der Waals surface area contributed by atoms with Crippen molar-refractivity contribution in [1.29, 1.82) is 0 Å². The Morgan fingerprint density at radius 2 is 2.11 bits per heavy atom. The van der Waals surface area contributed by atoms with Crippen LogP contribution in [-0.4, -0.2) is 48.6 Å². The summed E-state index contributed by atoms with van der Waals surface area (Å²) in [6.07, 6.45) is 4.62. The van der Waals surface area contributed by atoms with E-state index in [4.69, 9.17) is 0 Å². The van der Waals surface area contributed by atoms with Crippen LogP contribution in [-0.2, 0) is 21.9 Å². The second kappa shape index (κ2) is 5.07. The lowest BCUT2D eigenvalue weighted by molar-refractivity contribution is -0.128. The summed E-state index contributed by atoms with van der Waals surface area (Å²) in [6, 6.07) is 0. The molecule has 0 bridgehead atoms. The molecule has 1 amide bonds. The summed E-state index contributed by atoms with van der Waals surface area (Å²) in [5, 5.41) is 3.79. The average Bonchev–Trinajstić information content (AvgIpc) is 2.96. The summed E-state index contributed by atoms with van der Waals surface area (Å²) in [5.41, 5.74) is 0. The fourth-order valence-corrected chi connectivity index (χ4v) is 2.81. The van der Waals surface area contributed by atoms with Gasteiger partial charge in [0.05, 0.1) is 12.7 Å². The largest absolute Gasteiger partial charge is 0.342 e. The number of rotatable bonds is 4. The zero-order valence-electron chi connectivity index (χ0n) is 10.2. The number of carbonyl (C=O) groups is 1. The number of nitrogens with zero attached hydrogens (tertiary/aromatic N) is 3. The SMILES string of the molecule is Cn1cc(S(=O)(=O)NCC(=O)N2CCCC2)cn1. The monoisotopic (exact) mass is 272 g/mol. The fraction of sp³-hybridized carbons (Fsp3) is 0.600. The maximum absolute atomic E-state index is 11.8. The lowest BCUT2D eigenvalue weighted by Crippen LogP contribution is -2.38. The first-order valence-electron chi connectivity index (χ1n) is 5.75. The van der Waals surface area contributed by atoms with Crippen molar-refractivity contribution in [3.63, 3.8) is 0 Å². The molecule has 1 aromatic rings. The molecule has 1 aliphatic heterocycles. The van der Waals surface area contributed by atoms with E-state index in [0.717, 1.165) is 12.8 Å². The molecule has 0 radical (unpaired) electrons. The molecular weight excluding hydrogens is 256 g/mol. The Labute approximate surface area is 106 Å². The molecular formula is C10H16N4O3S. The number of nitrogens with one attached hydrogen (secondary N) is 1. The predicted octanol–water partition coefficient (Wildman–Crippen LogP) is -0.679. The number of carbonyl (C=O) groups excluding carboxylic acids is 1. The number of likely N-dealkylation sites (tertiary alicyclic amines) is 1. The zero-order valence-corrected chi connectivity index (χ0v) is 11.0. The van der Waals surface area contributed by atoms with Crippen molar-refractivity contribution in [2.75, 3.05) is 19.6 Å². The second-order valence-corrected chi connectivity index (χ2v) is 6.03. The van der Waals surface area contributed by atoms with Gasteiger partial charge in [-0.2, -0.15) is 5.10 Å². The maximum Gasteiger partial charge on any atom is 0.244 e. The van der Waals surface area contributed by atoms with Gasteiger partial charge in [0, 0.05) is 26.3 Å². The second-order valence-electron chi connectivity index (χ2n) is 4.26.